The Morgan fingerprint density at radius 3 is 2.19 bits per heavy atom. The van der Waals surface area contributed by atoms with Gasteiger partial charge in [-0.1, -0.05) is 78.9 Å². The summed E-state index contributed by atoms with van der Waals surface area (Å²) in [5.41, 5.74) is 5.30. The third kappa shape index (κ3) is 5.34. The lowest BCUT2D eigenvalue weighted by Gasteiger charge is -2.27. The molecular formula is C29H28N2O6. The molecule has 2 amide bonds. The molecule has 8 heteroatoms. The zero-order chi connectivity index (χ0) is 25.8. The molecule has 190 valence electrons. The number of aliphatic carboxylic acids is 1. The lowest BCUT2D eigenvalue weighted by Crippen LogP contribution is -2.50. The third-order valence-electron chi connectivity index (χ3n) is 6.84. The molecule has 0 unspecified atom stereocenters. The highest BCUT2D eigenvalue weighted by atomic mass is 16.6. The second-order valence-electron chi connectivity index (χ2n) is 9.23. The van der Waals surface area contributed by atoms with E-state index in [-0.39, 0.29) is 25.7 Å². The molecule has 2 N–H and O–H groups in total. The number of nitrogens with one attached hydrogen (secondary N) is 1. The predicted octanol–water partition coefficient (Wildman–Crippen LogP) is 3.80. The summed E-state index contributed by atoms with van der Waals surface area (Å²) < 4.78 is 11.3. The van der Waals surface area contributed by atoms with Gasteiger partial charge in [0.25, 0.3) is 5.91 Å². The lowest BCUT2D eigenvalue weighted by molar-refractivity contribution is -0.150. The molecule has 2 aliphatic rings. The summed E-state index contributed by atoms with van der Waals surface area (Å²) in [6.07, 6.45) is -1.20. The molecule has 3 aromatic carbocycles. The topological polar surface area (TPSA) is 105 Å². The summed E-state index contributed by atoms with van der Waals surface area (Å²) in [4.78, 5) is 38.7. The zero-order valence-electron chi connectivity index (χ0n) is 20.2. The van der Waals surface area contributed by atoms with Crippen molar-refractivity contribution in [2.75, 3.05) is 19.8 Å². The van der Waals surface area contributed by atoms with E-state index in [0.717, 1.165) is 27.8 Å². The molecule has 8 nitrogen and oxygen atoms in total. The number of alkyl carbamates (subject to hydrolysis) is 1. The van der Waals surface area contributed by atoms with E-state index >= 15 is 0 Å². The Bertz CT molecular complexity index is 1250. The maximum atomic E-state index is 13.3. The number of nitrogens with zero attached hydrogens (tertiary/aromatic N) is 1. The third-order valence-corrected chi connectivity index (χ3v) is 6.84. The van der Waals surface area contributed by atoms with Crippen molar-refractivity contribution in [2.45, 2.75) is 31.0 Å². The molecule has 3 aromatic rings. The van der Waals surface area contributed by atoms with Crippen molar-refractivity contribution in [3.8, 4) is 11.1 Å². The Balaban J connectivity index is 1.23. The van der Waals surface area contributed by atoms with Crippen LogP contribution < -0.4 is 5.32 Å². The van der Waals surface area contributed by atoms with Gasteiger partial charge in [0.05, 0.1) is 6.04 Å². The average Bonchev–Trinajstić information content (AvgIpc) is 3.49. The van der Waals surface area contributed by atoms with Crippen LogP contribution in [0.1, 0.15) is 29.0 Å². The second-order valence-corrected chi connectivity index (χ2v) is 9.23. The van der Waals surface area contributed by atoms with Crippen molar-refractivity contribution in [3.05, 3.63) is 95.6 Å². The first kappa shape index (κ1) is 24.5. The summed E-state index contributed by atoms with van der Waals surface area (Å²) in [6, 6.07) is 24.7. The SMILES string of the molecule is O=C(O)CN(Cc1ccccc1)C(=O)[C@H]1OCC[C@H]1NC(=O)OCC1c2ccccc2-c2ccccc21. The van der Waals surface area contributed by atoms with Gasteiger partial charge in [-0.15, -0.1) is 0 Å². The maximum absolute atomic E-state index is 13.3. The van der Waals surface area contributed by atoms with Gasteiger partial charge >= 0.3 is 12.1 Å². The fraction of sp³-hybridized carbons (Fsp3) is 0.276. The standard InChI is InChI=1S/C29H28N2O6/c32-26(33)17-31(16-19-8-2-1-3-9-19)28(34)27-25(14-15-36-27)30-29(35)37-18-24-22-12-6-4-10-20(22)21-11-5-7-13-23(21)24/h1-13,24-25,27H,14-18H2,(H,30,35)(H,32,33)/t25-,27+/m1/s1. The van der Waals surface area contributed by atoms with Gasteiger partial charge in [0.15, 0.2) is 6.10 Å². The van der Waals surface area contributed by atoms with Crippen molar-refractivity contribution >= 4 is 18.0 Å². The Hall–Kier alpha value is -4.17. The average molecular weight is 501 g/mol. The zero-order valence-corrected chi connectivity index (χ0v) is 20.2. The van der Waals surface area contributed by atoms with Gasteiger partial charge in [-0.2, -0.15) is 0 Å². The molecule has 1 aliphatic carbocycles. The van der Waals surface area contributed by atoms with Gasteiger partial charge in [0, 0.05) is 19.1 Å². The van der Waals surface area contributed by atoms with E-state index in [1.165, 1.54) is 4.90 Å². The minimum absolute atomic E-state index is 0.0765. The summed E-state index contributed by atoms with van der Waals surface area (Å²) in [5, 5.41) is 12.1. The van der Waals surface area contributed by atoms with Crippen LogP contribution in [-0.2, 0) is 25.6 Å². The number of fused-ring (bicyclic) bond motifs is 3. The molecule has 1 aliphatic heterocycles. The number of rotatable bonds is 8. The van der Waals surface area contributed by atoms with Gasteiger partial charge in [-0.05, 0) is 34.2 Å². The van der Waals surface area contributed by atoms with E-state index in [1.807, 2.05) is 66.7 Å². The molecule has 37 heavy (non-hydrogen) atoms. The molecule has 0 spiro atoms. The number of hydrogen-bond acceptors (Lipinski definition) is 5. The highest BCUT2D eigenvalue weighted by molar-refractivity contribution is 5.86. The molecule has 1 saturated heterocycles. The molecule has 0 saturated carbocycles. The highest BCUT2D eigenvalue weighted by Crippen LogP contribution is 2.44. The number of carbonyl (C=O) groups is 3. The van der Waals surface area contributed by atoms with Gasteiger partial charge in [0.2, 0.25) is 0 Å². The monoisotopic (exact) mass is 500 g/mol. The smallest absolute Gasteiger partial charge is 0.407 e. The van der Waals surface area contributed by atoms with Crippen molar-refractivity contribution in [2.24, 2.45) is 0 Å². The first-order valence-corrected chi connectivity index (χ1v) is 12.3. The molecule has 1 fully saturated rings. The highest BCUT2D eigenvalue weighted by Gasteiger charge is 2.39. The molecule has 5 rings (SSSR count). The number of carboxylic acid groups (broad SMARTS) is 1. The normalized spacial score (nSPS) is 18.1. The van der Waals surface area contributed by atoms with Crippen LogP contribution >= 0.6 is 0 Å². The van der Waals surface area contributed by atoms with E-state index in [0.29, 0.717) is 6.42 Å². The van der Waals surface area contributed by atoms with Crippen LogP contribution in [0.4, 0.5) is 4.79 Å². The van der Waals surface area contributed by atoms with Crippen molar-refractivity contribution in [3.63, 3.8) is 0 Å². The van der Waals surface area contributed by atoms with Crippen LogP contribution in [0.25, 0.3) is 11.1 Å². The van der Waals surface area contributed by atoms with E-state index < -0.39 is 36.7 Å². The van der Waals surface area contributed by atoms with Crippen LogP contribution in [0.5, 0.6) is 0 Å². The molecule has 0 aromatic heterocycles. The molecular weight excluding hydrogens is 472 g/mol. The lowest BCUT2D eigenvalue weighted by atomic mass is 9.98. The number of carbonyl (C=O) groups excluding carboxylic acids is 2. The predicted molar refractivity (Wildman–Crippen MR) is 136 cm³/mol. The largest absolute Gasteiger partial charge is 0.480 e. The Morgan fingerprint density at radius 2 is 1.54 bits per heavy atom. The first-order chi connectivity index (χ1) is 18.0. The number of carboxylic acids is 1. The van der Waals surface area contributed by atoms with E-state index in [4.69, 9.17) is 9.47 Å². The fourth-order valence-corrected chi connectivity index (χ4v) is 5.13. The first-order valence-electron chi connectivity index (χ1n) is 12.3. The minimum Gasteiger partial charge on any atom is -0.480 e. The van der Waals surface area contributed by atoms with Crippen LogP contribution in [0.15, 0.2) is 78.9 Å². The van der Waals surface area contributed by atoms with Crippen molar-refractivity contribution < 1.29 is 29.0 Å². The quantitative estimate of drug-likeness (QED) is 0.488. The molecule has 0 bridgehead atoms. The summed E-state index contributed by atoms with van der Waals surface area (Å²) in [7, 11) is 0. The molecule has 1 heterocycles. The van der Waals surface area contributed by atoms with Crippen molar-refractivity contribution in [1.82, 2.24) is 10.2 Å². The number of benzene rings is 3. The van der Waals surface area contributed by atoms with E-state index in [9.17, 15) is 19.5 Å². The number of hydrogen-bond donors (Lipinski definition) is 2. The van der Waals surface area contributed by atoms with Gasteiger partial charge in [0.1, 0.15) is 13.2 Å². The molecule has 0 radical (unpaired) electrons. The molecule has 2 atom stereocenters. The number of amides is 2. The second kappa shape index (κ2) is 10.8. The van der Waals surface area contributed by atoms with Crippen LogP contribution in [0, 0.1) is 0 Å². The fourth-order valence-electron chi connectivity index (χ4n) is 5.13. The van der Waals surface area contributed by atoms with Gasteiger partial charge < -0.3 is 24.8 Å². The Labute approximate surface area is 214 Å². The number of ether oxygens (including phenoxy) is 2. The van der Waals surface area contributed by atoms with E-state index in [2.05, 4.69) is 17.4 Å². The maximum Gasteiger partial charge on any atom is 0.407 e. The summed E-state index contributed by atoms with van der Waals surface area (Å²) >= 11 is 0. The Kier molecular flexibility index (Phi) is 7.18. The summed E-state index contributed by atoms with van der Waals surface area (Å²) in [6.45, 7) is 0.0942. The van der Waals surface area contributed by atoms with Crippen LogP contribution in [0.2, 0.25) is 0 Å². The van der Waals surface area contributed by atoms with E-state index in [1.54, 1.807) is 0 Å². The van der Waals surface area contributed by atoms with Crippen molar-refractivity contribution in [1.29, 1.82) is 0 Å². The van der Waals surface area contributed by atoms with Crippen LogP contribution in [-0.4, -0.2) is 59.9 Å². The Morgan fingerprint density at radius 1 is 0.919 bits per heavy atom. The van der Waals surface area contributed by atoms with Gasteiger partial charge in [-0.3, -0.25) is 9.59 Å². The summed E-state index contributed by atoms with van der Waals surface area (Å²) in [5.74, 6) is -1.68. The van der Waals surface area contributed by atoms with Gasteiger partial charge in [-0.25, -0.2) is 4.79 Å². The minimum atomic E-state index is -1.12. The van der Waals surface area contributed by atoms with Crippen LogP contribution in [0.3, 0.4) is 0 Å².